The summed E-state index contributed by atoms with van der Waals surface area (Å²) in [6.45, 7) is 4.41. The van der Waals surface area contributed by atoms with Crippen LogP contribution in [0, 0.1) is 11.8 Å². The Morgan fingerprint density at radius 3 is 2.67 bits per heavy atom. The number of carbonyl (C=O) groups is 2. The third-order valence-corrected chi connectivity index (χ3v) is 5.54. The van der Waals surface area contributed by atoms with Crippen LogP contribution in [0.3, 0.4) is 0 Å². The number of benzene rings is 2. The second kappa shape index (κ2) is 8.18. The van der Waals surface area contributed by atoms with Crippen LogP contribution in [0.25, 0.3) is 11.0 Å². The molecule has 2 unspecified atom stereocenters. The number of imidazole rings is 1. The van der Waals surface area contributed by atoms with Crippen molar-refractivity contribution in [3.05, 3.63) is 54.4 Å². The molecule has 2 aromatic carbocycles. The molecule has 1 aromatic heterocycles. The Morgan fingerprint density at radius 2 is 1.93 bits per heavy atom. The van der Waals surface area contributed by atoms with E-state index in [-0.39, 0.29) is 30.2 Å². The summed E-state index contributed by atoms with van der Waals surface area (Å²) in [5.41, 5.74) is 2.49. The minimum Gasteiger partial charge on any atom is -0.495 e. The van der Waals surface area contributed by atoms with E-state index in [1.807, 2.05) is 62.4 Å². The van der Waals surface area contributed by atoms with Crippen LogP contribution < -0.4 is 15.0 Å². The van der Waals surface area contributed by atoms with Crippen LogP contribution in [-0.2, 0) is 9.59 Å². The molecule has 0 bridgehead atoms. The number of rotatable bonds is 6. The number of fused-ring (bicyclic) bond motifs is 1. The van der Waals surface area contributed by atoms with Crippen molar-refractivity contribution in [2.75, 3.05) is 18.6 Å². The Hall–Kier alpha value is -3.35. The maximum absolute atomic E-state index is 13.1. The number of aromatic nitrogens is 2. The number of nitrogens with one attached hydrogen (secondary N) is 2. The van der Waals surface area contributed by atoms with Gasteiger partial charge in [-0.25, -0.2) is 4.98 Å². The maximum atomic E-state index is 13.1. The van der Waals surface area contributed by atoms with Gasteiger partial charge in [-0.3, -0.25) is 9.59 Å². The van der Waals surface area contributed by atoms with Gasteiger partial charge < -0.3 is 19.9 Å². The quantitative estimate of drug-likeness (QED) is 0.656. The molecular weight excluding hydrogens is 380 g/mol. The molecule has 1 fully saturated rings. The van der Waals surface area contributed by atoms with E-state index in [1.165, 1.54) is 0 Å². The van der Waals surface area contributed by atoms with Crippen molar-refractivity contribution in [2.45, 2.75) is 26.3 Å². The van der Waals surface area contributed by atoms with Crippen molar-refractivity contribution in [1.82, 2.24) is 15.3 Å². The van der Waals surface area contributed by atoms with Crippen molar-refractivity contribution in [3.8, 4) is 5.75 Å². The van der Waals surface area contributed by atoms with Crippen molar-refractivity contribution >= 4 is 28.5 Å². The first-order valence-corrected chi connectivity index (χ1v) is 10.2. The molecule has 3 aromatic rings. The summed E-state index contributed by atoms with van der Waals surface area (Å²) < 4.78 is 5.38. The van der Waals surface area contributed by atoms with Gasteiger partial charge in [0.1, 0.15) is 11.6 Å². The van der Waals surface area contributed by atoms with Gasteiger partial charge >= 0.3 is 0 Å². The summed E-state index contributed by atoms with van der Waals surface area (Å²) in [5, 5.41) is 3.11. The molecule has 2 amide bonds. The zero-order valence-corrected chi connectivity index (χ0v) is 17.4. The molecule has 30 heavy (non-hydrogen) atoms. The number of anilines is 1. The molecule has 0 aliphatic carbocycles. The van der Waals surface area contributed by atoms with Crippen molar-refractivity contribution in [2.24, 2.45) is 11.8 Å². The standard InChI is InChI=1S/C23H26N4O3/c1-14(2)21(22-24-16-8-4-5-9-17(16)25-22)26-23(29)15-12-20(28)27(13-15)18-10-6-7-11-19(18)30-3/h4-11,14-15,21H,12-13H2,1-3H3,(H,24,25)(H,26,29). The van der Waals surface area contributed by atoms with Crippen molar-refractivity contribution < 1.29 is 14.3 Å². The van der Waals surface area contributed by atoms with Crippen LogP contribution in [0.4, 0.5) is 5.69 Å². The highest BCUT2D eigenvalue weighted by molar-refractivity contribution is 6.01. The summed E-state index contributed by atoms with van der Waals surface area (Å²) in [6.07, 6.45) is 0.175. The summed E-state index contributed by atoms with van der Waals surface area (Å²) in [4.78, 5) is 35.3. The molecule has 1 aliphatic heterocycles. The fourth-order valence-corrected chi connectivity index (χ4v) is 3.91. The molecular formula is C23H26N4O3. The molecule has 2 N–H and O–H groups in total. The predicted molar refractivity (Wildman–Crippen MR) is 115 cm³/mol. The van der Waals surface area contributed by atoms with E-state index in [2.05, 4.69) is 15.3 Å². The highest BCUT2D eigenvalue weighted by Gasteiger charge is 2.37. The van der Waals surface area contributed by atoms with Gasteiger partial charge in [-0.1, -0.05) is 38.1 Å². The highest BCUT2D eigenvalue weighted by atomic mass is 16.5. The van der Waals surface area contributed by atoms with E-state index in [0.29, 0.717) is 18.0 Å². The van der Waals surface area contributed by atoms with Crippen LogP contribution in [0.2, 0.25) is 0 Å². The number of carbonyl (C=O) groups excluding carboxylic acids is 2. The lowest BCUT2D eigenvalue weighted by Gasteiger charge is -2.23. The zero-order chi connectivity index (χ0) is 21.3. The summed E-state index contributed by atoms with van der Waals surface area (Å²) in [6, 6.07) is 14.9. The zero-order valence-electron chi connectivity index (χ0n) is 17.4. The highest BCUT2D eigenvalue weighted by Crippen LogP contribution is 2.33. The monoisotopic (exact) mass is 406 g/mol. The van der Waals surface area contributed by atoms with Gasteiger partial charge in [-0.15, -0.1) is 0 Å². The number of nitrogens with zero attached hydrogens (tertiary/aromatic N) is 2. The van der Waals surface area contributed by atoms with Crippen LogP contribution in [0.1, 0.15) is 32.1 Å². The molecule has 7 heteroatoms. The first-order chi connectivity index (χ1) is 14.5. The van der Waals surface area contributed by atoms with Crippen molar-refractivity contribution in [1.29, 1.82) is 0 Å². The summed E-state index contributed by atoms with van der Waals surface area (Å²) in [5.74, 6) is 0.842. The molecule has 0 saturated carbocycles. The molecule has 0 radical (unpaired) electrons. The fourth-order valence-electron chi connectivity index (χ4n) is 3.91. The molecule has 156 valence electrons. The minimum atomic E-state index is -0.423. The van der Waals surface area contributed by atoms with E-state index >= 15 is 0 Å². The fraction of sp³-hybridized carbons (Fsp3) is 0.348. The number of ether oxygens (including phenoxy) is 1. The van der Waals surface area contributed by atoms with Gasteiger partial charge in [0.15, 0.2) is 0 Å². The van der Waals surface area contributed by atoms with Gasteiger partial charge in [0.05, 0.1) is 35.8 Å². The van der Waals surface area contributed by atoms with E-state index in [0.717, 1.165) is 16.9 Å². The Balaban J connectivity index is 1.51. The first-order valence-electron chi connectivity index (χ1n) is 10.2. The van der Waals surface area contributed by atoms with Crippen LogP contribution in [-0.4, -0.2) is 35.4 Å². The summed E-state index contributed by atoms with van der Waals surface area (Å²) in [7, 11) is 1.57. The van der Waals surface area contributed by atoms with Gasteiger partial charge in [0.25, 0.3) is 0 Å². The smallest absolute Gasteiger partial charge is 0.227 e. The van der Waals surface area contributed by atoms with E-state index in [9.17, 15) is 9.59 Å². The lowest BCUT2D eigenvalue weighted by Crippen LogP contribution is -2.38. The lowest BCUT2D eigenvalue weighted by atomic mass is 10.0. The molecule has 1 saturated heterocycles. The minimum absolute atomic E-state index is 0.0792. The Labute approximate surface area is 175 Å². The molecule has 2 heterocycles. The van der Waals surface area contributed by atoms with Gasteiger partial charge in [-0.05, 0) is 30.2 Å². The van der Waals surface area contributed by atoms with Gasteiger partial charge in [-0.2, -0.15) is 0 Å². The number of amides is 2. The maximum Gasteiger partial charge on any atom is 0.227 e. The Bertz CT molecular complexity index is 1040. The molecule has 7 nitrogen and oxygen atoms in total. The third kappa shape index (κ3) is 3.75. The van der Waals surface area contributed by atoms with Gasteiger partial charge in [0.2, 0.25) is 11.8 Å². The Kier molecular flexibility index (Phi) is 5.44. The normalized spacial score (nSPS) is 17.5. The largest absolute Gasteiger partial charge is 0.495 e. The number of para-hydroxylation sites is 4. The topological polar surface area (TPSA) is 87.3 Å². The Morgan fingerprint density at radius 1 is 1.20 bits per heavy atom. The van der Waals surface area contributed by atoms with Crippen LogP contribution in [0.5, 0.6) is 5.75 Å². The SMILES string of the molecule is COc1ccccc1N1CC(C(=O)NC(c2nc3ccccc3[nH]2)C(C)C)CC1=O. The van der Waals surface area contributed by atoms with E-state index < -0.39 is 5.92 Å². The van der Waals surface area contributed by atoms with Crippen molar-refractivity contribution in [3.63, 3.8) is 0 Å². The average molecular weight is 406 g/mol. The first kappa shape index (κ1) is 19.9. The van der Waals surface area contributed by atoms with Gasteiger partial charge in [0, 0.05) is 13.0 Å². The summed E-state index contributed by atoms with van der Waals surface area (Å²) >= 11 is 0. The number of hydrogen-bond acceptors (Lipinski definition) is 4. The molecule has 2 atom stereocenters. The number of methoxy groups -OCH3 is 1. The number of hydrogen-bond donors (Lipinski definition) is 2. The van der Waals surface area contributed by atoms with E-state index in [1.54, 1.807) is 12.0 Å². The number of H-pyrrole nitrogens is 1. The molecule has 4 rings (SSSR count). The molecule has 1 aliphatic rings. The van der Waals surface area contributed by atoms with Crippen LogP contribution in [0.15, 0.2) is 48.5 Å². The third-order valence-electron chi connectivity index (χ3n) is 5.54. The second-order valence-corrected chi connectivity index (χ2v) is 7.95. The average Bonchev–Trinajstić information content (AvgIpc) is 3.35. The second-order valence-electron chi connectivity index (χ2n) is 7.95. The van der Waals surface area contributed by atoms with E-state index in [4.69, 9.17) is 4.74 Å². The molecule has 0 spiro atoms. The predicted octanol–water partition coefficient (Wildman–Crippen LogP) is 3.44. The lowest BCUT2D eigenvalue weighted by molar-refractivity contribution is -0.127. The van der Waals surface area contributed by atoms with Crippen LogP contribution >= 0.6 is 0 Å². The number of aromatic amines is 1.